The first-order valence-electron chi connectivity index (χ1n) is 6.66. The molecule has 0 spiro atoms. The molecule has 1 aliphatic heterocycles. The van der Waals surface area contributed by atoms with Crippen LogP contribution in [0, 0.1) is 10.1 Å². The maximum Gasteiger partial charge on any atom is 0.271 e. The van der Waals surface area contributed by atoms with Gasteiger partial charge in [-0.15, -0.1) is 0 Å². The van der Waals surface area contributed by atoms with E-state index < -0.39 is 10.8 Å². The number of benzene rings is 1. The van der Waals surface area contributed by atoms with Crippen LogP contribution < -0.4 is 10.6 Å². The molecule has 21 heavy (non-hydrogen) atoms. The first-order chi connectivity index (χ1) is 10.1. The Kier molecular flexibility index (Phi) is 5.07. The predicted molar refractivity (Wildman–Crippen MR) is 75.2 cm³/mol. The average molecular weight is 295 g/mol. The lowest BCUT2D eigenvalue weighted by atomic mass is 10.1. The minimum Gasteiger partial charge on any atom is -0.506 e. The normalized spacial score (nSPS) is 15.6. The second-order valence-corrected chi connectivity index (χ2v) is 4.77. The zero-order chi connectivity index (χ0) is 15.2. The molecular weight excluding hydrogens is 278 g/mol. The van der Waals surface area contributed by atoms with Crippen molar-refractivity contribution in [1.82, 2.24) is 5.32 Å². The number of nitro groups is 1. The molecule has 1 aromatic carbocycles. The number of hydrogen-bond donors (Lipinski definition) is 3. The van der Waals surface area contributed by atoms with Gasteiger partial charge in [0, 0.05) is 12.1 Å². The summed E-state index contributed by atoms with van der Waals surface area (Å²) in [5.41, 5.74) is -0.203. The maximum absolute atomic E-state index is 11.8. The Morgan fingerprint density at radius 1 is 1.48 bits per heavy atom. The molecule has 0 radical (unpaired) electrons. The molecular formula is C13H17N3O5. The number of rotatable bonds is 5. The van der Waals surface area contributed by atoms with Crippen molar-refractivity contribution in [3.05, 3.63) is 28.3 Å². The lowest BCUT2D eigenvalue weighted by Crippen LogP contribution is -2.34. The van der Waals surface area contributed by atoms with Crippen molar-refractivity contribution in [1.29, 1.82) is 0 Å². The lowest BCUT2D eigenvalue weighted by Gasteiger charge is -2.22. The number of non-ortho nitro benzene ring substituents is 1. The van der Waals surface area contributed by atoms with Gasteiger partial charge in [-0.1, -0.05) is 0 Å². The van der Waals surface area contributed by atoms with Crippen LogP contribution in [0.5, 0.6) is 5.75 Å². The van der Waals surface area contributed by atoms with Crippen LogP contribution in [-0.4, -0.2) is 41.7 Å². The van der Waals surface area contributed by atoms with Gasteiger partial charge in [-0.2, -0.15) is 0 Å². The van der Waals surface area contributed by atoms with Crippen LogP contribution in [0.2, 0.25) is 0 Å². The molecule has 0 atom stereocenters. The van der Waals surface area contributed by atoms with Gasteiger partial charge in [0.05, 0.1) is 16.7 Å². The van der Waals surface area contributed by atoms with Crippen molar-refractivity contribution in [2.24, 2.45) is 0 Å². The van der Waals surface area contributed by atoms with E-state index in [0.717, 1.165) is 38.1 Å². The number of phenolic OH excluding ortho intramolecular Hbond substituents is 1. The molecule has 1 fully saturated rings. The Bertz CT molecular complexity index is 529. The third-order valence-corrected chi connectivity index (χ3v) is 3.20. The van der Waals surface area contributed by atoms with Crippen LogP contribution in [-0.2, 0) is 9.53 Å². The minimum atomic E-state index is -0.597. The highest BCUT2D eigenvalue weighted by Gasteiger charge is 2.16. The number of aromatic hydroxyl groups is 1. The number of anilines is 1. The third-order valence-electron chi connectivity index (χ3n) is 3.20. The van der Waals surface area contributed by atoms with Gasteiger partial charge in [-0.3, -0.25) is 14.9 Å². The fourth-order valence-corrected chi connectivity index (χ4v) is 2.08. The molecule has 1 heterocycles. The first kappa shape index (κ1) is 15.2. The van der Waals surface area contributed by atoms with E-state index in [-0.39, 0.29) is 29.8 Å². The number of piperidine rings is 1. The number of ether oxygens (including phenoxy) is 1. The number of hydrogen-bond acceptors (Lipinski definition) is 6. The summed E-state index contributed by atoms with van der Waals surface area (Å²) in [6.07, 6.45) is 1.72. The van der Waals surface area contributed by atoms with Crippen LogP contribution in [0.25, 0.3) is 0 Å². The highest BCUT2D eigenvalue weighted by atomic mass is 16.6. The van der Waals surface area contributed by atoms with Crippen molar-refractivity contribution in [2.75, 3.05) is 25.0 Å². The summed E-state index contributed by atoms with van der Waals surface area (Å²) in [4.78, 5) is 21.8. The number of nitrogens with one attached hydrogen (secondary N) is 2. The molecule has 0 bridgehead atoms. The molecule has 114 valence electrons. The number of nitrogens with zero attached hydrogens (tertiary/aromatic N) is 1. The van der Waals surface area contributed by atoms with Gasteiger partial charge in [-0.05, 0) is 32.0 Å². The van der Waals surface area contributed by atoms with Crippen molar-refractivity contribution < 1.29 is 19.6 Å². The molecule has 0 aliphatic carbocycles. The molecule has 0 saturated carbocycles. The highest BCUT2D eigenvalue weighted by molar-refractivity contribution is 5.93. The molecule has 1 aliphatic rings. The van der Waals surface area contributed by atoms with E-state index in [1.165, 1.54) is 6.07 Å². The van der Waals surface area contributed by atoms with E-state index in [0.29, 0.717) is 0 Å². The zero-order valence-corrected chi connectivity index (χ0v) is 11.4. The Hall–Kier alpha value is -2.19. The first-order valence-corrected chi connectivity index (χ1v) is 6.66. The Balaban J connectivity index is 1.89. The standard InChI is InChI=1S/C13H17N3O5/c17-12-2-1-9(16(19)20)7-11(12)15-13(18)8-21-10-3-5-14-6-4-10/h1-2,7,10,14,17H,3-6,8H2,(H,15,18). The summed E-state index contributed by atoms with van der Waals surface area (Å²) >= 11 is 0. The van der Waals surface area contributed by atoms with Gasteiger partial charge < -0.3 is 20.5 Å². The minimum absolute atomic E-state index is 0.00288. The molecule has 3 N–H and O–H groups in total. The average Bonchev–Trinajstić information content (AvgIpc) is 2.48. The largest absolute Gasteiger partial charge is 0.506 e. The van der Waals surface area contributed by atoms with Crippen molar-refractivity contribution in [3.8, 4) is 5.75 Å². The van der Waals surface area contributed by atoms with E-state index in [4.69, 9.17) is 4.74 Å². The quantitative estimate of drug-likeness (QED) is 0.424. The summed E-state index contributed by atoms with van der Waals surface area (Å²) in [6, 6.07) is 3.44. The highest BCUT2D eigenvalue weighted by Crippen LogP contribution is 2.27. The maximum atomic E-state index is 11.8. The van der Waals surface area contributed by atoms with Crippen LogP contribution in [0.1, 0.15) is 12.8 Å². The monoisotopic (exact) mass is 295 g/mol. The fourth-order valence-electron chi connectivity index (χ4n) is 2.08. The van der Waals surface area contributed by atoms with Gasteiger partial charge in [0.15, 0.2) is 0 Å². The zero-order valence-electron chi connectivity index (χ0n) is 11.4. The SMILES string of the molecule is O=C(COC1CCNCC1)Nc1cc([N+](=O)[O-])ccc1O. The van der Waals surface area contributed by atoms with E-state index >= 15 is 0 Å². The number of carbonyl (C=O) groups excluding carboxylic acids is 1. The summed E-state index contributed by atoms with van der Waals surface area (Å²) in [7, 11) is 0. The van der Waals surface area contributed by atoms with Gasteiger partial charge in [0.2, 0.25) is 5.91 Å². The van der Waals surface area contributed by atoms with Gasteiger partial charge in [0.1, 0.15) is 12.4 Å². The number of phenols is 1. The summed E-state index contributed by atoms with van der Waals surface area (Å²) in [5.74, 6) is -0.680. The molecule has 2 rings (SSSR count). The molecule has 0 aromatic heterocycles. The summed E-state index contributed by atoms with van der Waals surface area (Å²) in [6.45, 7) is 1.57. The lowest BCUT2D eigenvalue weighted by molar-refractivity contribution is -0.384. The molecule has 1 aromatic rings. The van der Waals surface area contributed by atoms with Crippen LogP contribution in [0.3, 0.4) is 0 Å². The molecule has 1 saturated heterocycles. The third kappa shape index (κ3) is 4.40. The summed E-state index contributed by atoms with van der Waals surface area (Å²) in [5, 5.41) is 25.9. The Morgan fingerprint density at radius 2 is 2.19 bits per heavy atom. The number of amides is 1. The topological polar surface area (TPSA) is 114 Å². The Labute approximate surface area is 121 Å². The molecule has 8 heteroatoms. The number of nitro benzene ring substituents is 1. The number of carbonyl (C=O) groups is 1. The van der Waals surface area contributed by atoms with Gasteiger partial charge >= 0.3 is 0 Å². The van der Waals surface area contributed by atoms with Crippen LogP contribution in [0.4, 0.5) is 11.4 Å². The van der Waals surface area contributed by atoms with Crippen molar-refractivity contribution in [3.63, 3.8) is 0 Å². The van der Waals surface area contributed by atoms with E-state index in [9.17, 15) is 20.0 Å². The van der Waals surface area contributed by atoms with Gasteiger partial charge in [-0.25, -0.2) is 0 Å². The second kappa shape index (κ2) is 7.00. The van der Waals surface area contributed by atoms with E-state index in [1.807, 2.05) is 0 Å². The van der Waals surface area contributed by atoms with Crippen LogP contribution >= 0.6 is 0 Å². The molecule has 8 nitrogen and oxygen atoms in total. The Morgan fingerprint density at radius 3 is 2.86 bits per heavy atom. The van der Waals surface area contributed by atoms with E-state index in [2.05, 4.69) is 10.6 Å². The molecule has 1 amide bonds. The second-order valence-electron chi connectivity index (χ2n) is 4.77. The van der Waals surface area contributed by atoms with Crippen LogP contribution in [0.15, 0.2) is 18.2 Å². The van der Waals surface area contributed by atoms with E-state index in [1.54, 1.807) is 0 Å². The smallest absolute Gasteiger partial charge is 0.271 e. The van der Waals surface area contributed by atoms with Crippen molar-refractivity contribution >= 4 is 17.3 Å². The molecule has 0 unspecified atom stereocenters. The summed E-state index contributed by atoms with van der Waals surface area (Å²) < 4.78 is 5.47. The van der Waals surface area contributed by atoms with Gasteiger partial charge in [0.25, 0.3) is 5.69 Å². The van der Waals surface area contributed by atoms with Crippen molar-refractivity contribution in [2.45, 2.75) is 18.9 Å². The fraction of sp³-hybridized carbons (Fsp3) is 0.462. The predicted octanol–water partition coefficient (Wildman–Crippen LogP) is 1.01.